The third-order valence-corrected chi connectivity index (χ3v) is 2.97. The number of rotatable bonds is 11. The Morgan fingerprint density at radius 1 is 0.611 bits per heavy atom. The van der Waals surface area contributed by atoms with Gasteiger partial charge >= 0.3 is 0 Å². The van der Waals surface area contributed by atoms with Crippen LogP contribution in [0.25, 0.3) is 0 Å². The Morgan fingerprint density at radius 3 is 1.28 bits per heavy atom. The smallest absolute Gasteiger partial charge is 0.0353 e. The lowest BCUT2D eigenvalue weighted by atomic mass is 10.1. The van der Waals surface area contributed by atoms with Gasteiger partial charge in [0.15, 0.2) is 0 Å². The quantitative estimate of drug-likeness (QED) is 0.264. The average molecular weight is 257 g/mol. The van der Waals surface area contributed by atoms with Crippen molar-refractivity contribution in [2.45, 2.75) is 105 Å². The Morgan fingerprint density at radius 2 is 0.944 bits per heavy atom. The van der Waals surface area contributed by atoms with Crippen LogP contribution in [0.5, 0.6) is 0 Å². The summed E-state index contributed by atoms with van der Waals surface area (Å²) in [5.41, 5.74) is 0. The SMILES string of the molecule is C.C=CCCCCCC.CCCCCCCCC. The van der Waals surface area contributed by atoms with Crippen LogP contribution in [-0.2, 0) is 0 Å². The van der Waals surface area contributed by atoms with Gasteiger partial charge in [-0.2, -0.15) is 0 Å². The van der Waals surface area contributed by atoms with Crippen molar-refractivity contribution in [2.75, 3.05) is 0 Å². The molecule has 0 atom stereocenters. The summed E-state index contributed by atoms with van der Waals surface area (Å²) in [7, 11) is 0. The molecule has 0 unspecified atom stereocenters. The molecule has 0 rings (SSSR count). The molecule has 0 aliphatic rings. The van der Waals surface area contributed by atoms with E-state index in [2.05, 4.69) is 27.4 Å². The monoisotopic (exact) mass is 256 g/mol. The van der Waals surface area contributed by atoms with Crippen molar-refractivity contribution in [3.8, 4) is 0 Å². The van der Waals surface area contributed by atoms with Gasteiger partial charge in [0.2, 0.25) is 0 Å². The van der Waals surface area contributed by atoms with Gasteiger partial charge in [-0.3, -0.25) is 0 Å². The first-order chi connectivity index (χ1) is 8.33. The average Bonchev–Trinajstić information content (AvgIpc) is 2.36. The highest BCUT2D eigenvalue weighted by Crippen LogP contribution is 2.05. The first-order valence-electron chi connectivity index (χ1n) is 7.94. The Hall–Kier alpha value is -0.260. The van der Waals surface area contributed by atoms with Gasteiger partial charge in [-0.25, -0.2) is 0 Å². The Labute approximate surface area is 118 Å². The molecule has 0 bridgehead atoms. The van der Waals surface area contributed by atoms with E-state index in [4.69, 9.17) is 0 Å². The van der Waals surface area contributed by atoms with Crippen molar-refractivity contribution in [1.29, 1.82) is 0 Å². The fourth-order valence-electron chi connectivity index (χ4n) is 1.75. The molecule has 0 saturated carbocycles. The summed E-state index contributed by atoms with van der Waals surface area (Å²) in [5, 5.41) is 0. The summed E-state index contributed by atoms with van der Waals surface area (Å²) in [6.07, 6.45) is 18.6. The molecule has 112 valence electrons. The topological polar surface area (TPSA) is 0 Å². The summed E-state index contributed by atoms with van der Waals surface area (Å²) in [5.74, 6) is 0. The van der Waals surface area contributed by atoms with Crippen LogP contribution < -0.4 is 0 Å². The lowest BCUT2D eigenvalue weighted by molar-refractivity contribution is 0.602. The first-order valence-corrected chi connectivity index (χ1v) is 7.94. The number of hydrogen-bond acceptors (Lipinski definition) is 0. The maximum atomic E-state index is 3.66. The maximum absolute atomic E-state index is 3.66. The Bertz CT molecular complexity index is 109. The van der Waals surface area contributed by atoms with E-state index in [-0.39, 0.29) is 7.43 Å². The number of hydrogen-bond donors (Lipinski definition) is 0. The van der Waals surface area contributed by atoms with Gasteiger partial charge in [-0.15, -0.1) is 6.58 Å². The largest absolute Gasteiger partial charge is 0.103 e. The molecule has 0 aromatic heterocycles. The van der Waals surface area contributed by atoms with Crippen molar-refractivity contribution in [3.63, 3.8) is 0 Å². The van der Waals surface area contributed by atoms with Gasteiger partial charge in [-0.05, 0) is 12.8 Å². The fourth-order valence-corrected chi connectivity index (χ4v) is 1.75. The van der Waals surface area contributed by atoms with E-state index < -0.39 is 0 Å². The molecule has 0 aliphatic heterocycles. The minimum atomic E-state index is 0. The second-order valence-electron chi connectivity index (χ2n) is 4.91. The highest BCUT2D eigenvalue weighted by Gasteiger charge is 1.85. The van der Waals surface area contributed by atoms with Gasteiger partial charge in [-0.1, -0.05) is 98.5 Å². The molecule has 18 heavy (non-hydrogen) atoms. The molecule has 0 heteroatoms. The molecule has 0 heterocycles. The van der Waals surface area contributed by atoms with Crippen LogP contribution in [0.4, 0.5) is 0 Å². The molecule has 0 spiro atoms. The van der Waals surface area contributed by atoms with Crippen LogP contribution in [-0.4, -0.2) is 0 Å². The molecule has 0 fully saturated rings. The van der Waals surface area contributed by atoms with Crippen molar-refractivity contribution in [3.05, 3.63) is 12.7 Å². The third-order valence-electron chi connectivity index (χ3n) is 2.97. The molecule has 0 N–H and O–H groups in total. The second-order valence-corrected chi connectivity index (χ2v) is 4.91. The first kappa shape index (κ1) is 22.9. The van der Waals surface area contributed by atoms with Gasteiger partial charge in [0.1, 0.15) is 0 Å². The van der Waals surface area contributed by atoms with Crippen molar-refractivity contribution in [2.24, 2.45) is 0 Å². The van der Waals surface area contributed by atoms with Crippen LogP contribution in [0.2, 0.25) is 0 Å². The van der Waals surface area contributed by atoms with E-state index in [0.29, 0.717) is 0 Å². The van der Waals surface area contributed by atoms with Gasteiger partial charge < -0.3 is 0 Å². The van der Waals surface area contributed by atoms with Gasteiger partial charge in [0.05, 0.1) is 0 Å². The minimum absolute atomic E-state index is 0. The lowest BCUT2D eigenvalue weighted by Crippen LogP contribution is -1.76. The number of allylic oxidation sites excluding steroid dienone is 1. The van der Waals surface area contributed by atoms with Gasteiger partial charge in [0.25, 0.3) is 0 Å². The standard InChI is InChI=1S/C9H20.C8H16.CH4/c1-3-5-7-9-8-6-4-2;1-3-5-7-8-6-4-2;/h3-9H2,1-2H3;3H,1,4-8H2,2H3;1H4. The van der Waals surface area contributed by atoms with Crippen LogP contribution in [0, 0.1) is 0 Å². The predicted octanol–water partition coefficient (Wildman–Crippen LogP) is 7.54. The highest BCUT2D eigenvalue weighted by molar-refractivity contribution is 4.64. The predicted molar refractivity (Wildman–Crippen MR) is 89.4 cm³/mol. The zero-order chi connectivity index (χ0) is 13.2. The lowest BCUT2D eigenvalue weighted by Gasteiger charge is -1.96. The van der Waals surface area contributed by atoms with Crippen LogP contribution in [0.1, 0.15) is 105 Å². The summed E-state index contributed by atoms with van der Waals surface area (Å²) in [4.78, 5) is 0. The van der Waals surface area contributed by atoms with E-state index in [1.54, 1.807) is 0 Å². The van der Waals surface area contributed by atoms with E-state index in [9.17, 15) is 0 Å². The molecular formula is C18H40. The third kappa shape index (κ3) is 29.6. The Balaban J connectivity index is -0.000000238. The summed E-state index contributed by atoms with van der Waals surface area (Å²) in [6.45, 7) is 10.4. The van der Waals surface area contributed by atoms with E-state index >= 15 is 0 Å². The molecule has 0 aromatic rings. The summed E-state index contributed by atoms with van der Waals surface area (Å²) < 4.78 is 0. The van der Waals surface area contributed by atoms with Crippen molar-refractivity contribution in [1.82, 2.24) is 0 Å². The highest BCUT2D eigenvalue weighted by atomic mass is 13.9. The molecule has 0 radical (unpaired) electrons. The van der Waals surface area contributed by atoms with E-state index in [0.717, 1.165) is 0 Å². The van der Waals surface area contributed by atoms with Crippen LogP contribution in [0.3, 0.4) is 0 Å². The van der Waals surface area contributed by atoms with Crippen LogP contribution >= 0.6 is 0 Å². The van der Waals surface area contributed by atoms with E-state index in [1.165, 1.54) is 77.0 Å². The normalized spacial score (nSPS) is 9.06. The number of unbranched alkanes of at least 4 members (excludes halogenated alkanes) is 10. The van der Waals surface area contributed by atoms with Crippen molar-refractivity contribution >= 4 is 0 Å². The fraction of sp³-hybridized carbons (Fsp3) is 0.889. The molecular weight excluding hydrogens is 216 g/mol. The summed E-state index contributed by atoms with van der Waals surface area (Å²) in [6, 6.07) is 0. The minimum Gasteiger partial charge on any atom is -0.103 e. The zero-order valence-corrected chi connectivity index (χ0v) is 12.8. The molecule has 0 nitrogen and oxygen atoms in total. The van der Waals surface area contributed by atoms with Crippen LogP contribution in [0.15, 0.2) is 12.7 Å². The molecule has 0 aromatic carbocycles. The molecule has 0 saturated heterocycles. The molecule has 0 amide bonds. The second kappa shape index (κ2) is 25.6. The zero-order valence-electron chi connectivity index (χ0n) is 12.8. The van der Waals surface area contributed by atoms with E-state index in [1.807, 2.05) is 6.08 Å². The Kier molecular flexibility index (Phi) is 32.5. The molecule has 0 aliphatic carbocycles. The summed E-state index contributed by atoms with van der Waals surface area (Å²) >= 11 is 0. The van der Waals surface area contributed by atoms with Gasteiger partial charge in [0, 0.05) is 0 Å². The van der Waals surface area contributed by atoms with Crippen molar-refractivity contribution < 1.29 is 0 Å². The maximum Gasteiger partial charge on any atom is -0.0353 e.